The standard InChI is InChI=1S/C26H40N2OS/c1-4-5-6-7-8-12-19-30-21-26(29)20-28(22(2)3)25-17-15-24(16-18-25)27-23-13-10-9-11-14-23/h9-11,13-18,22,26-27,29H,4-8,12,19-21H2,1-3H3. The minimum atomic E-state index is -0.306. The van der Waals surface area contributed by atoms with E-state index in [0.29, 0.717) is 12.6 Å². The summed E-state index contributed by atoms with van der Waals surface area (Å²) in [4.78, 5) is 2.29. The van der Waals surface area contributed by atoms with E-state index in [0.717, 1.165) is 28.6 Å². The van der Waals surface area contributed by atoms with Gasteiger partial charge in [-0.1, -0.05) is 57.2 Å². The van der Waals surface area contributed by atoms with Crippen LogP contribution in [0.3, 0.4) is 0 Å². The molecule has 2 rings (SSSR count). The molecule has 0 heterocycles. The lowest BCUT2D eigenvalue weighted by Gasteiger charge is -2.31. The van der Waals surface area contributed by atoms with Crippen molar-refractivity contribution < 1.29 is 5.11 Å². The van der Waals surface area contributed by atoms with Gasteiger partial charge < -0.3 is 15.3 Å². The Hall–Kier alpha value is -1.65. The number of aliphatic hydroxyl groups is 1. The summed E-state index contributed by atoms with van der Waals surface area (Å²) in [6.07, 6.45) is 7.68. The SMILES string of the molecule is CCCCCCCCSCC(O)CN(c1ccc(Nc2ccccc2)cc1)C(C)C. The molecule has 0 aromatic heterocycles. The van der Waals surface area contributed by atoms with Crippen molar-refractivity contribution in [2.75, 3.05) is 28.3 Å². The normalized spacial score (nSPS) is 12.2. The zero-order chi connectivity index (χ0) is 21.6. The summed E-state index contributed by atoms with van der Waals surface area (Å²) in [6, 6.07) is 19.0. The van der Waals surface area contributed by atoms with Crippen LogP contribution in [0.2, 0.25) is 0 Å². The Balaban J connectivity index is 1.76. The molecule has 3 nitrogen and oxygen atoms in total. The van der Waals surface area contributed by atoms with Crippen molar-refractivity contribution in [3.05, 3.63) is 54.6 Å². The quantitative estimate of drug-likeness (QED) is 0.297. The number of aliphatic hydroxyl groups excluding tert-OH is 1. The molecule has 0 saturated carbocycles. The fraction of sp³-hybridized carbons (Fsp3) is 0.538. The Bertz CT molecular complexity index is 675. The number of hydrogen-bond donors (Lipinski definition) is 2. The maximum atomic E-state index is 10.6. The van der Waals surface area contributed by atoms with Crippen LogP contribution in [0.25, 0.3) is 0 Å². The van der Waals surface area contributed by atoms with Crippen LogP contribution in [0, 0.1) is 0 Å². The number of unbranched alkanes of at least 4 members (excludes halogenated alkanes) is 5. The lowest BCUT2D eigenvalue weighted by Crippen LogP contribution is -2.38. The molecule has 2 aromatic rings. The van der Waals surface area contributed by atoms with Gasteiger partial charge in [-0.25, -0.2) is 0 Å². The van der Waals surface area contributed by atoms with Crippen LogP contribution < -0.4 is 10.2 Å². The topological polar surface area (TPSA) is 35.5 Å². The molecule has 0 aliphatic rings. The Morgan fingerprint density at radius 2 is 1.50 bits per heavy atom. The van der Waals surface area contributed by atoms with E-state index >= 15 is 0 Å². The highest BCUT2D eigenvalue weighted by Gasteiger charge is 2.15. The molecule has 30 heavy (non-hydrogen) atoms. The molecule has 0 bridgehead atoms. The second-order valence-corrected chi connectivity index (χ2v) is 9.43. The molecule has 0 aliphatic heterocycles. The average molecular weight is 429 g/mol. The number of hydrogen-bond acceptors (Lipinski definition) is 4. The molecule has 2 N–H and O–H groups in total. The lowest BCUT2D eigenvalue weighted by atomic mass is 10.1. The third kappa shape index (κ3) is 9.44. The summed E-state index contributed by atoms with van der Waals surface area (Å²) in [7, 11) is 0. The van der Waals surface area contributed by atoms with Crippen LogP contribution in [-0.2, 0) is 0 Å². The number of rotatable bonds is 15. The Labute approximate surface area is 188 Å². The molecule has 0 radical (unpaired) electrons. The van der Waals surface area contributed by atoms with E-state index in [1.54, 1.807) is 0 Å². The Morgan fingerprint density at radius 3 is 2.17 bits per heavy atom. The van der Waals surface area contributed by atoms with Crippen molar-refractivity contribution in [1.29, 1.82) is 0 Å². The number of thioether (sulfide) groups is 1. The van der Waals surface area contributed by atoms with Gasteiger partial charge in [0.25, 0.3) is 0 Å². The van der Waals surface area contributed by atoms with Gasteiger partial charge in [0.15, 0.2) is 0 Å². The van der Waals surface area contributed by atoms with E-state index in [-0.39, 0.29) is 6.10 Å². The molecule has 1 unspecified atom stereocenters. The number of nitrogens with zero attached hydrogens (tertiary/aromatic N) is 1. The zero-order valence-corrected chi connectivity index (χ0v) is 19.8. The summed E-state index contributed by atoms with van der Waals surface area (Å²) >= 11 is 1.89. The minimum absolute atomic E-state index is 0.306. The molecule has 1 atom stereocenters. The van der Waals surface area contributed by atoms with Crippen molar-refractivity contribution in [2.24, 2.45) is 0 Å². The van der Waals surface area contributed by atoms with E-state index in [4.69, 9.17) is 0 Å². The maximum Gasteiger partial charge on any atom is 0.0805 e. The van der Waals surface area contributed by atoms with Gasteiger partial charge in [-0.05, 0) is 62.4 Å². The van der Waals surface area contributed by atoms with Gasteiger partial charge in [0.2, 0.25) is 0 Å². The van der Waals surface area contributed by atoms with Crippen LogP contribution in [0.4, 0.5) is 17.1 Å². The van der Waals surface area contributed by atoms with Gasteiger partial charge in [0, 0.05) is 35.4 Å². The Kier molecular flexibility index (Phi) is 11.8. The summed E-state index contributed by atoms with van der Waals surface area (Å²) in [5.41, 5.74) is 3.32. The fourth-order valence-corrected chi connectivity index (χ4v) is 4.47. The van der Waals surface area contributed by atoms with E-state index in [1.165, 1.54) is 38.5 Å². The van der Waals surface area contributed by atoms with Crippen LogP contribution in [-0.4, -0.2) is 35.3 Å². The Morgan fingerprint density at radius 1 is 0.867 bits per heavy atom. The third-order valence-electron chi connectivity index (χ3n) is 5.24. The van der Waals surface area contributed by atoms with E-state index < -0.39 is 0 Å². The molecular formula is C26H40N2OS. The molecule has 0 spiro atoms. The van der Waals surface area contributed by atoms with Gasteiger partial charge in [-0.15, -0.1) is 0 Å². The van der Waals surface area contributed by atoms with Crippen molar-refractivity contribution in [2.45, 2.75) is 71.4 Å². The second kappa shape index (κ2) is 14.4. The highest BCUT2D eigenvalue weighted by Crippen LogP contribution is 2.23. The molecule has 4 heteroatoms. The predicted molar refractivity (Wildman–Crippen MR) is 135 cm³/mol. The molecular weight excluding hydrogens is 388 g/mol. The third-order valence-corrected chi connectivity index (χ3v) is 6.44. The van der Waals surface area contributed by atoms with Crippen molar-refractivity contribution in [1.82, 2.24) is 0 Å². The minimum Gasteiger partial charge on any atom is -0.390 e. The van der Waals surface area contributed by atoms with Crippen molar-refractivity contribution >= 4 is 28.8 Å². The van der Waals surface area contributed by atoms with Gasteiger partial charge >= 0.3 is 0 Å². The monoisotopic (exact) mass is 428 g/mol. The van der Waals surface area contributed by atoms with Crippen molar-refractivity contribution in [3.8, 4) is 0 Å². The largest absolute Gasteiger partial charge is 0.390 e. The van der Waals surface area contributed by atoms with Crippen LogP contribution in [0.5, 0.6) is 0 Å². The first-order chi connectivity index (χ1) is 14.6. The highest BCUT2D eigenvalue weighted by molar-refractivity contribution is 7.99. The fourth-order valence-electron chi connectivity index (χ4n) is 3.52. The number of nitrogens with one attached hydrogen (secondary N) is 1. The molecule has 0 fully saturated rings. The number of para-hydroxylation sites is 1. The first kappa shape index (κ1) is 24.6. The smallest absolute Gasteiger partial charge is 0.0805 e. The van der Waals surface area contributed by atoms with Gasteiger partial charge in [-0.3, -0.25) is 0 Å². The number of benzene rings is 2. The zero-order valence-electron chi connectivity index (χ0n) is 19.0. The first-order valence-corrected chi connectivity index (χ1v) is 12.7. The molecule has 166 valence electrons. The average Bonchev–Trinajstić information content (AvgIpc) is 2.75. The summed E-state index contributed by atoms with van der Waals surface area (Å²) in [6.45, 7) is 7.30. The van der Waals surface area contributed by atoms with Crippen LogP contribution >= 0.6 is 11.8 Å². The van der Waals surface area contributed by atoms with Gasteiger partial charge in [0.1, 0.15) is 0 Å². The first-order valence-electron chi connectivity index (χ1n) is 11.5. The van der Waals surface area contributed by atoms with E-state index in [2.05, 4.69) is 67.4 Å². The predicted octanol–water partition coefficient (Wildman–Crippen LogP) is 7.10. The summed E-state index contributed by atoms with van der Waals surface area (Å²) in [5, 5.41) is 14.0. The van der Waals surface area contributed by atoms with Crippen LogP contribution in [0.15, 0.2) is 54.6 Å². The van der Waals surface area contributed by atoms with E-state index in [1.807, 2.05) is 30.0 Å². The van der Waals surface area contributed by atoms with E-state index in [9.17, 15) is 5.11 Å². The molecule has 0 aliphatic carbocycles. The van der Waals surface area contributed by atoms with Gasteiger partial charge in [-0.2, -0.15) is 11.8 Å². The second-order valence-electron chi connectivity index (χ2n) is 8.28. The summed E-state index contributed by atoms with van der Waals surface area (Å²) < 4.78 is 0. The van der Waals surface area contributed by atoms with Crippen molar-refractivity contribution in [3.63, 3.8) is 0 Å². The molecule has 2 aromatic carbocycles. The molecule has 0 amide bonds. The maximum absolute atomic E-state index is 10.6. The lowest BCUT2D eigenvalue weighted by molar-refractivity contribution is 0.202. The van der Waals surface area contributed by atoms with Gasteiger partial charge in [0.05, 0.1) is 6.10 Å². The highest BCUT2D eigenvalue weighted by atomic mass is 32.2. The van der Waals surface area contributed by atoms with Crippen LogP contribution in [0.1, 0.15) is 59.3 Å². The summed E-state index contributed by atoms with van der Waals surface area (Å²) in [5.74, 6) is 1.97. The molecule has 0 saturated heterocycles. The number of anilines is 3.